The Kier molecular flexibility index (Phi) is 3.55. The second kappa shape index (κ2) is 5.13. The highest BCUT2D eigenvalue weighted by Crippen LogP contribution is 2.44. The highest BCUT2D eigenvalue weighted by molar-refractivity contribution is 7.80. The molecule has 17 heavy (non-hydrogen) atoms. The number of hydrogen-bond acceptors (Lipinski definition) is 1. The first-order valence-corrected chi connectivity index (χ1v) is 7.79. The minimum Gasteiger partial charge on any atom is -0.360 e. The Morgan fingerprint density at radius 2 is 1.71 bits per heavy atom. The number of rotatable bonds is 2. The molecule has 0 aromatic carbocycles. The third-order valence-corrected chi connectivity index (χ3v) is 5.23. The zero-order valence-electron chi connectivity index (χ0n) is 10.6. The summed E-state index contributed by atoms with van der Waals surface area (Å²) in [6, 6.07) is 1.32. The zero-order chi connectivity index (χ0) is 11.7. The van der Waals surface area contributed by atoms with E-state index in [-0.39, 0.29) is 0 Å². The fraction of sp³-hybridized carbons (Fsp3) is 0.929. The van der Waals surface area contributed by atoms with Crippen LogP contribution in [0.2, 0.25) is 0 Å². The first-order valence-electron chi connectivity index (χ1n) is 7.38. The van der Waals surface area contributed by atoms with Crippen molar-refractivity contribution in [3.8, 4) is 0 Å². The number of nitrogens with one attached hydrogen (secondary N) is 2. The van der Waals surface area contributed by atoms with Gasteiger partial charge in [-0.2, -0.15) is 0 Å². The molecule has 0 aliphatic heterocycles. The highest BCUT2D eigenvalue weighted by atomic mass is 32.1. The van der Waals surface area contributed by atoms with Gasteiger partial charge in [-0.05, 0) is 56.2 Å². The molecule has 0 heterocycles. The monoisotopic (exact) mass is 252 g/mol. The molecule has 0 unspecified atom stereocenters. The lowest BCUT2D eigenvalue weighted by Crippen LogP contribution is -2.48. The molecule has 0 spiro atoms. The number of thiocarbonyl (C=S) groups is 1. The smallest absolute Gasteiger partial charge is 0.166 e. The van der Waals surface area contributed by atoms with E-state index in [0.29, 0.717) is 12.1 Å². The van der Waals surface area contributed by atoms with Crippen molar-refractivity contribution in [2.75, 3.05) is 0 Å². The summed E-state index contributed by atoms with van der Waals surface area (Å²) in [6.45, 7) is 0. The summed E-state index contributed by atoms with van der Waals surface area (Å²) in [5.74, 6) is 1.90. The van der Waals surface area contributed by atoms with Gasteiger partial charge in [-0.3, -0.25) is 0 Å². The molecule has 3 aliphatic rings. The van der Waals surface area contributed by atoms with E-state index in [2.05, 4.69) is 10.6 Å². The van der Waals surface area contributed by atoms with Crippen LogP contribution in [0.4, 0.5) is 0 Å². The molecule has 3 saturated carbocycles. The molecule has 3 rings (SSSR count). The Hall–Kier alpha value is -0.310. The van der Waals surface area contributed by atoms with E-state index in [1.165, 1.54) is 57.8 Å². The van der Waals surface area contributed by atoms with Crippen LogP contribution < -0.4 is 10.6 Å². The predicted molar refractivity (Wildman–Crippen MR) is 75.0 cm³/mol. The van der Waals surface area contributed by atoms with Crippen molar-refractivity contribution in [3.63, 3.8) is 0 Å². The second-order valence-corrected chi connectivity index (χ2v) is 6.64. The average Bonchev–Trinajstić information content (AvgIpc) is 2.92. The van der Waals surface area contributed by atoms with Crippen LogP contribution in [0, 0.1) is 11.8 Å². The molecule has 2 N–H and O–H groups in total. The van der Waals surface area contributed by atoms with Crippen molar-refractivity contribution < 1.29 is 0 Å². The molecule has 0 saturated heterocycles. The minimum atomic E-state index is 0.641. The van der Waals surface area contributed by atoms with E-state index in [0.717, 1.165) is 16.9 Å². The molecule has 3 fully saturated rings. The molecule has 3 atom stereocenters. The number of hydrogen-bond donors (Lipinski definition) is 2. The number of fused-ring (bicyclic) bond motifs is 2. The summed E-state index contributed by atoms with van der Waals surface area (Å²) < 4.78 is 0. The van der Waals surface area contributed by atoms with Gasteiger partial charge in [-0.25, -0.2) is 0 Å². The van der Waals surface area contributed by atoms with Gasteiger partial charge in [0, 0.05) is 12.1 Å². The third kappa shape index (κ3) is 2.75. The molecule has 0 aromatic heterocycles. The largest absolute Gasteiger partial charge is 0.360 e. The van der Waals surface area contributed by atoms with Crippen LogP contribution in [-0.4, -0.2) is 17.2 Å². The molecule has 2 nitrogen and oxygen atoms in total. The maximum atomic E-state index is 5.46. The molecular weight excluding hydrogens is 228 g/mol. The average molecular weight is 252 g/mol. The minimum absolute atomic E-state index is 0.641. The van der Waals surface area contributed by atoms with Gasteiger partial charge in [-0.15, -0.1) is 0 Å². The molecule has 0 radical (unpaired) electrons. The van der Waals surface area contributed by atoms with Crippen LogP contribution in [-0.2, 0) is 0 Å². The normalized spacial score (nSPS) is 37.1. The molecule has 2 bridgehead atoms. The van der Waals surface area contributed by atoms with Gasteiger partial charge in [0.1, 0.15) is 0 Å². The fourth-order valence-corrected chi connectivity index (χ4v) is 4.38. The van der Waals surface area contributed by atoms with Crippen LogP contribution in [0.1, 0.15) is 57.8 Å². The van der Waals surface area contributed by atoms with Crippen LogP contribution in [0.3, 0.4) is 0 Å². The second-order valence-electron chi connectivity index (χ2n) is 6.23. The molecule has 3 aliphatic carbocycles. The SMILES string of the molecule is S=C(NC1CCCCC1)N[C@@H]1C[C@@H]2CC[C@@H]1C2. The van der Waals surface area contributed by atoms with Gasteiger partial charge in [0.25, 0.3) is 0 Å². The van der Waals surface area contributed by atoms with Crippen LogP contribution in [0.15, 0.2) is 0 Å². The molecule has 96 valence electrons. The zero-order valence-corrected chi connectivity index (χ0v) is 11.4. The topological polar surface area (TPSA) is 24.1 Å². The van der Waals surface area contributed by atoms with Gasteiger partial charge in [0.05, 0.1) is 0 Å². The van der Waals surface area contributed by atoms with Crippen LogP contribution in [0.5, 0.6) is 0 Å². The van der Waals surface area contributed by atoms with Gasteiger partial charge in [0.2, 0.25) is 0 Å². The van der Waals surface area contributed by atoms with Crippen molar-refractivity contribution in [2.24, 2.45) is 11.8 Å². The van der Waals surface area contributed by atoms with Crippen LogP contribution in [0.25, 0.3) is 0 Å². The van der Waals surface area contributed by atoms with Gasteiger partial charge in [-0.1, -0.05) is 25.7 Å². The first-order chi connectivity index (χ1) is 8.31. The Morgan fingerprint density at radius 3 is 2.35 bits per heavy atom. The van der Waals surface area contributed by atoms with E-state index in [4.69, 9.17) is 12.2 Å². The Labute approximate surface area is 110 Å². The molecule has 0 amide bonds. The summed E-state index contributed by atoms with van der Waals surface area (Å²) in [5, 5.41) is 8.03. The fourth-order valence-electron chi connectivity index (χ4n) is 4.06. The summed E-state index contributed by atoms with van der Waals surface area (Å²) in [6.07, 6.45) is 12.4. The predicted octanol–water partition coefficient (Wildman–Crippen LogP) is 2.97. The van der Waals surface area contributed by atoms with Crippen molar-refractivity contribution >= 4 is 17.3 Å². The molecule has 3 heteroatoms. The lowest BCUT2D eigenvalue weighted by molar-refractivity contribution is 0.378. The van der Waals surface area contributed by atoms with Crippen molar-refractivity contribution in [3.05, 3.63) is 0 Å². The summed E-state index contributed by atoms with van der Waals surface area (Å²) in [5.41, 5.74) is 0. The maximum absolute atomic E-state index is 5.46. The Balaban J connectivity index is 1.44. The van der Waals surface area contributed by atoms with Crippen LogP contribution >= 0.6 is 12.2 Å². The lowest BCUT2D eigenvalue weighted by atomic mass is 9.95. The van der Waals surface area contributed by atoms with E-state index in [9.17, 15) is 0 Å². The van der Waals surface area contributed by atoms with Gasteiger partial charge >= 0.3 is 0 Å². The van der Waals surface area contributed by atoms with E-state index in [1.807, 2.05) is 0 Å². The standard InChI is InChI=1S/C14H24N2S/c17-14(15-12-4-2-1-3-5-12)16-13-9-10-6-7-11(13)8-10/h10-13H,1-9H2,(H2,15,16,17)/t10-,11-,13-/m1/s1. The molecular formula is C14H24N2S. The van der Waals surface area contributed by atoms with Gasteiger partial charge < -0.3 is 10.6 Å². The quantitative estimate of drug-likeness (QED) is 0.739. The van der Waals surface area contributed by atoms with Gasteiger partial charge in [0.15, 0.2) is 5.11 Å². The lowest BCUT2D eigenvalue weighted by Gasteiger charge is -2.28. The van der Waals surface area contributed by atoms with E-state index >= 15 is 0 Å². The Bertz CT molecular complexity index is 286. The van der Waals surface area contributed by atoms with Crippen molar-refractivity contribution in [1.82, 2.24) is 10.6 Å². The highest BCUT2D eigenvalue weighted by Gasteiger charge is 2.39. The van der Waals surface area contributed by atoms with E-state index in [1.54, 1.807) is 0 Å². The summed E-state index contributed by atoms with van der Waals surface area (Å²) >= 11 is 5.46. The molecule has 0 aromatic rings. The summed E-state index contributed by atoms with van der Waals surface area (Å²) in [7, 11) is 0. The maximum Gasteiger partial charge on any atom is 0.166 e. The first kappa shape index (κ1) is 11.8. The Morgan fingerprint density at radius 1 is 0.882 bits per heavy atom. The third-order valence-electron chi connectivity index (χ3n) is 4.99. The van der Waals surface area contributed by atoms with Crippen molar-refractivity contribution in [1.29, 1.82) is 0 Å². The summed E-state index contributed by atoms with van der Waals surface area (Å²) in [4.78, 5) is 0. The van der Waals surface area contributed by atoms with E-state index < -0.39 is 0 Å². The van der Waals surface area contributed by atoms with Crippen molar-refractivity contribution in [2.45, 2.75) is 69.9 Å².